The fraction of sp³-hybridized carbons (Fsp3) is 0.318. The summed E-state index contributed by atoms with van der Waals surface area (Å²) >= 11 is 0. The number of methoxy groups -OCH3 is 1. The largest absolute Gasteiger partial charge is 0.508 e. The van der Waals surface area contributed by atoms with Crippen LogP contribution in [0, 0.1) is 0 Å². The van der Waals surface area contributed by atoms with Gasteiger partial charge in [-0.15, -0.1) is 0 Å². The summed E-state index contributed by atoms with van der Waals surface area (Å²) < 4.78 is 16.1. The lowest BCUT2D eigenvalue weighted by atomic mass is 9.86. The number of aromatic nitrogens is 1. The first kappa shape index (κ1) is 19.9. The van der Waals surface area contributed by atoms with Crippen molar-refractivity contribution >= 4 is 11.8 Å². The predicted octanol–water partition coefficient (Wildman–Crippen LogP) is 2.23. The van der Waals surface area contributed by atoms with Gasteiger partial charge in [-0.2, -0.15) is 0 Å². The fourth-order valence-corrected chi connectivity index (χ4v) is 3.69. The molecule has 4 rings (SSSR count). The number of pyridine rings is 1. The normalized spacial score (nSPS) is 18.1. The Kier molecular flexibility index (Phi) is 5.67. The van der Waals surface area contributed by atoms with Crippen LogP contribution in [0.4, 0.5) is 0 Å². The number of aromatic hydroxyl groups is 1. The third-order valence-electron chi connectivity index (χ3n) is 5.25. The number of allylic oxidation sites excluding steroid dienone is 1. The van der Waals surface area contributed by atoms with Crippen LogP contribution in [-0.2, 0) is 14.3 Å². The summed E-state index contributed by atoms with van der Waals surface area (Å²) in [7, 11) is 1.31. The number of carbonyl (C=O) groups excluding carboxylic acids is 2. The number of phenolic OH excluding ortho intramolecular Hbond substituents is 1. The van der Waals surface area contributed by atoms with Crippen LogP contribution >= 0.6 is 0 Å². The molecule has 0 saturated carbocycles. The summed E-state index contributed by atoms with van der Waals surface area (Å²) in [6.07, 6.45) is 4.88. The molecule has 1 fully saturated rings. The molecule has 2 aliphatic heterocycles. The molecule has 1 aromatic carbocycles. The maximum Gasteiger partial charge on any atom is 0.306 e. The first-order valence-corrected chi connectivity index (χ1v) is 9.67. The Morgan fingerprint density at radius 1 is 1.27 bits per heavy atom. The quantitative estimate of drug-likeness (QED) is 0.592. The summed E-state index contributed by atoms with van der Waals surface area (Å²) in [6.45, 7) is 2.49. The average Bonchev–Trinajstić information content (AvgIpc) is 3.08. The van der Waals surface area contributed by atoms with Gasteiger partial charge < -0.3 is 24.2 Å². The number of carbonyl (C=O) groups is 2. The maximum atomic E-state index is 12.9. The highest BCUT2D eigenvalue weighted by Crippen LogP contribution is 2.46. The molecule has 2 aromatic rings. The van der Waals surface area contributed by atoms with Crippen molar-refractivity contribution in [1.82, 2.24) is 9.88 Å². The van der Waals surface area contributed by atoms with Crippen molar-refractivity contribution in [1.29, 1.82) is 0 Å². The van der Waals surface area contributed by atoms with Gasteiger partial charge in [-0.3, -0.25) is 14.6 Å². The first-order chi connectivity index (χ1) is 14.6. The molecular weight excluding hydrogens is 388 g/mol. The van der Waals surface area contributed by atoms with E-state index < -0.39 is 11.9 Å². The minimum atomic E-state index is -0.564. The highest BCUT2D eigenvalue weighted by Gasteiger charge is 2.35. The van der Waals surface area contributed by atoms with Crippen molar-refractivity contribution in [3.05, 3.63) is 65.3 Å². The molecule has 0 radical (unpaired) electrons. The van der Waals surface area contributed by atoms with Crippen molar-refractivity contribution in [2.75, 3.05) is 33.4 Å². The third kappa shape index (κ3) is 3.86. The van der Waals surface area contributed by atoms with E-state index in [1.807, 2.05) is 4.90 Å². The third-order valence-corrected chi connectivity index (χ3v) is 5.25. The van der Waals surface area contributed by atoms with Gasteiger partial charge in [0.25, 0.3) is 0 Å². The van der Waals surface area contributed by atoms with Gasteiger partial charge in [-0.1, -0.05) is 0 Å². The summed E-state index contributed by atoms with van der Waals surface area (Å²) in [5.74, 6) is -0.868. The van der Waals surface area contributed by atoms with E-state index in [4.69, 9.17) is 14.2 Å². The van der Waals surface area contributed by atoms with Gasteiger partial charge >= 0.3 is 5.97 Å². The van der Waals surface area contributed by atoms with Crippen LogP contribution in [0.25, 0.3) is 0 Å². The van der Waals surface area contributed by atoms with Crippen LogP contribution in [0.15, 0.2) is 48.6 Å². The Bertz CT molecular complexity index is 983. The van der Waals surface area contributed by atoms with Gasteiger partial charge in [-0.25, -0.2) is 0 Å². The van der Waals surface area contributed by atoms with Crippen molar-refractivity contribution in [2.24, 2.45) is 0 Å². The number of ether oxygens (including phenoxy) is 3. The van der Waals surface area contributed by atoms with E-state index in [1.165, 1.54) is 13.2 Å². The van der Waals surface area contributed by atoms with Crippen LogP contribution < -0.4 is 4.74 Å². The number of ketones is 1. The lowest BCUT2D eigenvalue weighted by Crippen LogP contribution is -2.32. The number of fused-ring (bicyclic) bond motifs is 1. The van der Waals surface area contributed by atoms with Gasteiger partial charge in [0, 0.05) is 43.2 Å². The van der Waals surface area contributed by atoms with Crippen LogP contribution in [0.1, 0.15) is 33.8 Å². The lowest BCUT2D eigenvalue weighted by Gasteiger charge is -2.25. The van der Waals surface area contributed by atoms with Crippen molar-refractivity contribution < 1.29 is 28.9 Å². The number of nitrogens with zero attached hydrogens (tertiary/aromatic N) is 2. The Morgan fingerprint density at radius 3 is 2.70 bits per heavy atom. The summed E-state index contributed by atoms with van der Waals surface area (Å²) in [4.78, 5) is 31.0. The summed E-state index contributed by atoms with van der Waals surface area (Å²) in [5.41, 5.74) is 1.48. The predicted molar refractivity (Wildman–Crippen MR) is 106 cm³/mol. The van der Waals surface area contributed by atoms with Crippen LogP contribution in [0.5, 0.6) is 11.5 Å². The van der Waals surface area contributed by atoms with E-state index in [1.54, 1.807) is 36.8 Å². The fourth-order valence-electron chi connectivity index (χ4n) is 3.69. The minimum absolute atomic E-state index is 0.0232. The molecule has 2 aliphatic rings. The lowest BCUT2D eigenvalue weighted by molar-refractivity contribution is -0.140. The Labute approximate surface area is 173 Å². The van der Waals surface area contributed by atoms with E-state index in [0.29, 0.717) is 37.4 Å². The van der Waals surface area contributed by atoms with E-state index >= 15 is 0 Å². The number of rotatable bonds is 5. The molecule has 0 aliphatic carbocycles. The zero-order chi connectivity index (χ0) is 21.1. The number of esters is 1. The first-order valence-electron chi connectivity index (χ1n) is 9.67. The minimum Gasteiger partial charge on any atom is -0.508 e. The molecule has 3 heterocycles. The second-order valence-electron chi connectivity index (χ2n) is 7.06. The summed E-state index contributed by atoms with van der Waals surface area (Å²) in [5, 5.41) is 10.7. The molecule has 1 N–H and O–H groups in total. The number of Topliss-reactive ketones (excluding diaryl/α,β-unsaturated/α-hetero) is 1. The van der Waals surface area contributed by atoms with Crippen molar-refractivity contribution in [2.45, 2.75) is 12.3 Å². The Balaban J connectivity index is 1.76. The smallest absolute Gasteiger partial charge is 0.306 e. The van der Waals surface area contributed by atoms with Gasteiger partial charge in [-0.05, 0) is 29.8 Å². The topological polar surface area (TPSA) is 98.2 Å². The second kappa shape index (κ2) is 8.54. The van der Waals surface area contributed by atoms with E-state index in [9.17, 15) is 14.7 Å². The van der Waals surface area contributed by atoms with Gasteiger partial charge in [0.2, 0.25) is 5.78 Å². The zero-order valence-electron chi connectivity index (χ0n) is 16.5. The Hall–Kier alpha value is -3.39. The van der Waals surface area contributed by atoms with E-state index in [2.05, 4.69) is 4.98 Å². The molecule has 0 amide bonds. The monoisotopic (exact) mass is 410 g/mol. The molecule has 0 bridgehead atoms. The molecule has 156 valence electrons. The van der Waals surface area contributed by atoms with Gasteiger partial charge in [0.1, 0.15) is 11.5 Å². The number of morpholine rings is 1. The van der Waals surface area contributed by atoms with Crippen molar-refractivity contribution in [3.63, 3.8) is 0 Å². The SMILES string of the molecule is COC(=O)CC(c1ccncc1)c1c(O)ccc2c1O/C(=C\N1CCOCC1)C2=O. The van der Waals surface area contributed by atoms with Crippen LogP contribution in [0.3, 0.4) is 0 Å². The zero-order valence-corrected chi connectivity index (χ0v) is 16.5. The van der Waals surface area contributed by atoms with Gasteiger partial charge in [0.05, 0.1) is 32.3 Å². The molecule has 1 saturated heterocycles. The molecule has 8 heteroatoms. The Morgan fingerprint density at radius 2 is 2.00 bits per heavy atom. The number of phenols is 1. The molecule has 1 unspecified atom stereocenters. The second-order valence-corrected chi connectivity index (χ2v) is 7.06. The highest BCUT2D eigenvalue weighted by atomic mass is 16.5. The standard InChI is InChI=1S/C22H22N2O6/c1-28-19(26)12-16(14-4-6-23-7-5-14)20-17(25)3-2-15-21(27)18(30-22(15)20)13-24-8-10-29-11-9-24/h2-7,13,16,25H,8-12H2,1H3/b18-13-. The number of benzene rings is 1. The maximum absolute atomic E-state index is 12.9. The van der Waals surface area contributed by atoms with Crippen LogP contribution in [0.2, 0.25) is 0 Å². The molecule has 30 heavy (non-hydrogen) atoms. The molecular formula is C22H22N2O6. The molecule has 8 nitrogen and oxygen atoms in total. The van der Waals surface area contributed by atoms with Gasteiger partial charge in [0.15, 0.2) is 5.76 Å². The van der Waals surface area contributed by atoms with E-state index in [-0.39, 0.29) is 29.5 Å². The van der Waals surface area contributed by atoms with Crippen molar-refractivity contribution in [3.8, 4) is 11.5 Å². The van der Waals surface area contributed by atoms with Crippen LogP contribution in [-0.4, -0.2) is 60.2 Å². The van der Waals surface area contributed by atoms with E-state index in [0.717, 1.165) is 5.56 Å². The highest BCUT2D eigenvalue weighted by molar-refractivity contribution is 6.12. The molecule has 1 atom stereocenters. The molecule has 1 aromatic heterocycles. The average molecular weight is 410 g/mol. The summed E-state index contributed by atoms with van der Waals surface area (Å²) in [6, 6.07) is 6.51. The molecule has 0 spiro atoms. The number of hydrogen-bond donors (Lipinski definition) is 1. The number of hydrogen-bond acceptors (Lipinski definition) is 8.